The minimum absolute atomic E-state index is 0.349. The number of hydrogen-bond acceptors (Lipinski definition) is 2. The van der Waals surface area contributed by atoms with Crippen molar-refractivity contribution in [3.63, 3.8) is 0 Å². The standard InChI is InChI=1S/C9H14N2O2/c1-10(2)6-7-11-5-3-4-8(11)9(12)13/h3-5H,6-7H2,1-2H3,(H,12,13). The monoisotopic (exact) mass is 182 g/mol. The maximum atomic E-state index is 10.7. The van der Waals surface area contributed by atoms with Crippen molar-refractivity contribution < 1.29 is 9.90 Å². The number of carbonyl (C=O) groups is 1. The highest BCUT2D eigenvalue weighted by molar-refractivity contribution is 5.85. The fourth-order valence-electron chi connectivity index (χ4n) is 1.11. The second-order valence-electron chi connectivity index (χ2n) is 3.20. The fourth-order valence-corrected chi connectivity index (χ4v) is 1.11. The van der Waals surface area contributed by atoms with Crippen LogP contribution in [0.15, 0.2) is 18.3 Å². The third-order valence-corrected chi connectivity index (χ3v) is 1.84. The van der Waals surface area contributed by atoms with Gasteiger partial charge < -0.3 is 14.6 Å². The van der Waals surface area contributed by atoms with Gasteiger partial charge >= 0.3 is 5.97 Å². The normalized spacial score (nSPS) is 10.7. The lowest BCUT2D eigenvalue weighted by molar-refractivity contribution is 0.0684. The van der Waals surface area contributed by atoms with E-state index >= 15 is 0 Å². The van der Waals surface area contributed by atoms with Gasteiger partial charge in [-0.3, -0.25) is 0 Å². The van der Waals surface area contributed by atoms with Crippen molar-refractivity contribution in [1.82, 2.24) is 9.47 Å². The van der Waals surface area contributed by atoms with Gasteiger partial charge in [-0.1, -0.05) is 0 Å². The molecule has 0 bridgehead atoms. The number of rotatable bonds is 4. The third kappa shape index (κ3) is 2.59. The van der Waals surface area contributed by atoms with Crippen molar-refractivity contribution >= 4 is 5.97 Å². The van der Waals surface area contributed by atoms with Crippen molar-refractivity contribution in [2.24, 2.45) is 0 Å². The predicted octanol–water partition coefficient (Wildman–Crippen LogP) is 0.748. The summed E-state index contributed by atoms with van der Waals surface area (Å²) in [6.45, 7) is 1.55. The molecule has 1 aromatic rings. The Morgan fingerprint density at radius 3 is 2.85 bits per heavy atom. The summed E-state index contributed by atoms with van der Waals surface area (Å²) in [4.78, 5) is 12.7. The van der Waals surface area contributed by atoms with Gasteiger partial charge in [-0.2, -0.15) is 0 Å². The first-order valence-corrected chi connectivity index (χ1v) is 4.14. The second kappa shape index (κ2) is 4.09. The van der Waals surface area contributed by atoms with Crippen LogP contribution in [0.25, 0.3) is 0 Å². The molecule has 1 rings (SSSR count). The lowest BCUT2D eigenvalue weighted by Crippen LogP contribution is -2.20. The van der Waals surface area contributed by atoms with Crippen LogP contribution >= 0.6 is 0 Å². The van der Waals surface area contributed by atoms with Crippen LogP contribution in [0.1, 0.15) is 10.5 Å². The molecular formula is C9H14N2O2. The van der Waals surface area contributed by atoms with Crippen LogP contribution in [-0.4, -0.2) is 41.2 Å². The van der Waals surface area contributed by atoms with E-state index in [2.05, 4.69) is 0 Å². The number of aromatic carboxylic acids is 1. The molecule has 13 heavy (non-hydrogen) atoms. The van der Waals surface area contributed by atoms with Gasteiger partial charge in [0.2, 0.25) is 0 Å². The van der Waals surface area contributed by atoms with Gasteiger partial charge in [0.1, 0.15) is 5.69 Å². The largest absolute Gasteiger partial charge is 0.477 e. The molecule has 0 aliphatic heterocycles. The van der Waals surface area contributed by atoms with E-state index in [4.69, 9.17) is 5.11 Å². The molecule has 72 valence electrons. The van der Waals surface area contributed by atoms with E-state index in [-0.39, 0.29) is 0 Å². The highest BCUT2D eigenvalue weighted by Gasteiger charge is 2.07. The molecule has 0 fully saturated rings. The number of likely N-dealkylation sites (N-methyl/N-ethyl adjacent to an activating group) is 1. The third-order valence-electron chi connectivity index (χ3n) is 1.84. The van der Waals surface area contributed by atoms with E-state index in [9.17, 15) is 4.79 Å². The Bertz CT molecular complexity index is 292. The van der Waals surface area contributed by atoms with Gasteiger partial charge in [-0.25, -0.2) is 4.79 Å². The molecule has 0 aromatic carbocycles. The van der Waals surface area contributed by atoms with Crippen molar-refractivity contribution in [1.29, 1.82) is 0 Å². The van der Waals surface area contributed by atoms with E-state index in [1.54, 1.807) is 22.9 Å². The highest BCUT2D eigenvalue weighted by atomic mass is 16.4. The van der Waals surface area contributed by atoms with Crippen molar-refractivity contribution in [2.45, 2.75) is 6.54 Å². The fraction of sp³-hybridized carbons (Fsp3) is 0.444. The topological polar surface area (TPSA) is 45.5 Å². The smallest absolute Gasteiger partial charge is 0.352 e. The molecule has 1 aromatic heterocycles. The van der Waals surface area contributed by atoms with Gasteiger partial charge in [-0.05, 0) is 26.2 Å². The minimum atomic E-state index is -0.872. The Morgan fingerprint density at radius 2 is 2.31 bits per heavy atom. The Hall–Kier alpha value is -1.29. The summed E-state index contributed by atoms with van der Waals surface area (Å²) >= 11 is 0. The quantitative estimate of drug-likeness (QED) is 0.747. The van der Waals surface area contributed by atoms with E-state index in [0.717, 1.165) is 6.54 Å². The molecule has 0 aliphatic carbocycles. The molecule has 1 heterocycles. The Morgan fingerprint density at radius 1 is 1.62 bits per heavy atom. The van der Waals surface area contributed by atoms with Gasteiger partial charge in [0.25, 0.3) is 0 Å². The first kappa shape index (κ1) is 9.80. The lowest BCUT2D eigenvalue weighted by atomic mass is 10.4. The Balaban J connectivity index is 2.65. The molecule has 1 N–H and O–H groups in total. The van der Waals surface area contributed by atoms with Crippen molar-refractivity contribution in [3.8, 4) is 0 Å². The molecule has 4 heteroatoms. The molecule has 0 spiro atoms. The summed E-state index contributed by atoms with van der Waals surface area (Å²) in [6, 6.07) is 3.36. The van der Waals surface area contributed by atoms with Crippen LogP contribution < -0.4 is 0 Å². The summed E-state index contributed by atoms with van der Waals surface area (Å²) in [5, 5.41) is 8.79. The number of nitrogens with zero attached hydrogens (tertiary/aromatic N) is 2. The first-order chi connectivity index (χ1) is 6.11. The van der Waals surface area contributed by atoms with Crippen LogP contribution in [0, 0.1) is 0 Å². The van der Waals surface area contributed by atoms with Gasteiger partial charge in [0, 0.05) is 19.3 Å². The van der Waals surface area contributed by atoms with Crippen LogP contribution in [-0.2, 0) is 6.54 Å². The molecule has 0 atom stereocenters. The molecule has 0 radical (unpaired) electrons. The highest BCUT2D eigenvalue weighted by Crippen LogP contribution is 2.01. The summed E-state index contributed by atoms with van der Waals surface area (Å²) in [7, 11) is 3.92. The predicted molar refractivity (Wildman–Crippen MR) is 49.9 cm³/mol. The summed E-state index contributed by atoms with van der Waals surface area (Å²) < 4.78 is 1.74. The Kier molecular flexibility index (Phi) is 3.08. The van der Waals surface area contributed by atoms with E-state index < -0.39 is 5.97 Å². The zero-order chi connectivity index (χ0) is 9.84. The van der Waals surface area contributed by atoms with E-state index in [1.165, 1.54) is 0 Å². The maximum absolute atomic E-state index is 10.7. The summed E-state index contributed by atoms with van der Waals surface area (Å²) in [5.41, 5.74) is 0.349. The van der Waals surface area contributed by atoms with Gasteiger partial charge in [-0.15, -0.1) is 0 Å². The molecule has 0 saturated carbocycles. The first-order valence-electron chi connectivity index (χ1n) is 4.14. The van der Waals surface area contributed by atoms with E-state index in [1.807, 2.05) is 19.0 Å². The Labute approximate surface area is 77.4 Å². The summed E-state index contributed by atoms with van der Waals surface area (Å²) in [5.74, 6) is -0.872. The van der Waals surface area contributed by atoms with Gasteiger partial charge in [0.15, 0.2) is 0 Å². The van der Waals surface area contributed by atoms with Crippen molar-refractivity contribution in [3.05, 3.63) is 24.0 Å². The number of aromatic nitrogens is 1. The zero-order valence-corrected chi connectivity index (χ0v) is 7.90. The van der Waals surface area contributed by atoms with Crippen LogP contribution in [0.2, 0.25) is 0 Å². The number of hydrogen-bond donors (Lipinski definition) is 1. The van der Waals surface area contributed by atoms with Crippen molar-refractivity contribution in [2.75, 3.05) is 20.6 Å². The van der Waals surface area contributed by atoms with Crippen LogP contribution in [0.5, 0.6) is 0 Å². The molecule has 0 aliphatic rings. The molecule has 0 amide bonds. The average Bonchev–Trinajstić information content (AvgIpc) is 2.47. The SMILES string of the molecule is CN(C)CCn1cccc1C(=O)O. The minimum Gasteiger partial charge on any atom is -0.477 e. The van der Waals surface area contributed by atoms with Crippen LogP contribution in [0.3, 0.4) is 0 Å². The van der Waals surface area contributed by atoms with Crippen LogP contribution in [0.4, 0.5) is 0 Å². The molecule has 0 unspecified atom stereocenters. The maximum Gasteiger partial charge on any atom is 0.352 e. The number of carboxylic acids is 1. The average molecular weight is 182 g/mol. The van der Waals surface area contributed by atoms with E-state index in [0.29, 0.717) is 12.2 Å². The number of carboxylic acid groups (broad SMARTS) is 1. The zero-order valence-electron chi connectivity index (χ0n) is 7.90. The molecular weight excluding hydrogens is 168 g/mol. The summed E-state index contributed by atoms with van der Waals surface area (Å²) in [6.07, 6.45) is 1.78. The van der Waals surface area contributed by atoms with Gasteiger partial charge in [0.05, 0.1) is 0 Å². The molecule has 0 saturated heterocycles. The second-order valence-corrected chi connectivity index (χ2v) is 3.20. The molecule has 4 nitrogen and oxygen atoms in total. The lowest BCUT2D eigenvalue weighted by Gasteiger charge is -2.11.